The number of nitrogens with one attached hydrogen (secondary N) is 1. The molecule has 0 bridgehead atoms. The van der Waals surface area contributed by atoms with Gasteiger partial charge in [-0.15, -0.1) is 0 Å². The van der Waals surface area contributed by atoms with Crippen molar-refractivity contribution in [2.75, 3.05) is 13.1 Å². The van der Waals surface area contributed by atoms with Gasteiger partial charge in [0, 0.05) is 12.6 Å². The summed E-state index contributed by atoms with van der Waals surface area (Å²) in [7, 11) is -3.67. The number of hydrogen-bond donors (Lipinski definition) is 2. The molecule has 0 aromatic rings. The number of nitrogens with zero attached hydrogens (tertiary/aromatic N) is 1. The molecule has 18 heavy (non-hydrogen) atoms. The third kappa shape index (κ3) is 4.87. The summed E-state index contributed by atoms with van der Waals surface area (Å²) >= 11 is 4.69. The Morgan fingerprint density at radius 2 is 1.89 bits per heavy atom. The molecule has 3 N–H and O–H groups in total. The first-order valence-corrected chi connectivity index (χ1v) is 7.61. The van der Waals surface area contributed by atoms with Crippen LogP contribution in [0.4, 0.5) is 0 Å². The van der Waals surface area contributed by atoms with E-state index in [1.54, 1.807) is 20.8 Å². The lowest BCUT2D eigenvalue weighted by atomic mass is 10.4. The normalized spacial score (nSPS) is 13.7. The Bertz CT molecular complexity index is 407. The Morgan fingerprint density at radius 1 is 1.39 bits per heavy atom. The van der Waals surface area contributed by atoms with Crippen LogP contribution in [0, 0.1) is 0 Å². The zero-order valence-corrected chi connectivity index (χ0v) is 12.8. The second-order valence-corrected chi connectivity index (χ2v) is 6.96. The second-order valence-electron chi connectivity index (χ2n) is 4.24. The summed E-state index contributed by atoms with van der Waals surface area (Å²) in [5, 5.41) is 1.67. The van der Waals surface area contributed by atoms with Gasteiger partial charge in [-0.05, 0) is 20.8 Å². The van der Waals surface area contributed by atoms with Crippen molar-refractivity contribution in [1.82, 2.24) is 9.62 Å². The Labute approximate surface area is 114 Å². The van der Waals surface area contributed by atoms with Crippen molar-refractivity contribution in [2.24, 2.45) is 5.73 Å². The molecule has 0 fully saturated rings. The van der Waals surface area contributed by atoms with Crippen LogP contribution in [0.2, 0.25) is 0 Å². The summed E-state index contributed by atoms with van der Waals surface area (Å²) in [5.41, 5.74) is 5.35. The first-order valence-electron chi connectivity index (χ1n) is 5.70. The van der Waals surface area contributed by atoms with Crippen LogP contribution in [0.15, 0.2) is 0 Å². The lowest BCUT2D eigenvalue weighted by Gasteiger charge is -2.23. The summed E-state index contributed by atoms with van der Waals surface area (Å²) in [6.45, 7) is 6.67. The Kier molecular flexibility index (Phi) is 6.72. The fourth-order valence-corrected chi connectivity index (χ4v) is 3.04. The van der Waals surface area contributed by atoms with E-state index in [-0.39, 0.29) is 30.0 Å². The quantitative estimate of drug-likeness (QED) is 0.637. The molecule has 8 heteroatoms. The van der Waals surface area contributed by atoms with E-state index >= 15 is 0 Å². The molecule has 0 heterocycles. The van der Waals surface area contributed by atoms with Crippen LogP contribution in [0.25, 0.3) is 0 Å². The average molecular weight is 295 g/mol. The van der Waals surface area contributed by atoms with E-state index < -0.39 is 15.3 Å². The minimum Gasteiger partial charge on any atom is -0.392 e. The van der Waals surface area contributed by atoms with E-state index in [2.05, 4.69) is 17.5 Å². The minimum atomic E-state index is -3.67. The molecule has 0 spiro atoms. The van der Waals surface area contributed by atoms with Crippen LogP contribution in [0.3, 0.4) is 0 Å². The number of rotatable bonds is 7. The summed E-state index contributed by atoms with van der Waals surface area (Å²) in [6, 6.07) is -0.0353. The largest absolute Gasteiger partial charge is 0.392 e. The van der Waals surface area contributed by atoms with Crippen LogP contribution in [-0.2, 0) is 14.8 Å². The monoisotopic (exact) mass is 295 g/mol. The van der Waals surface area contributed by atoms with Gasteiger partial charge in [-0.1, -0.05) is 19.1 Å². The lowest BCUT2D eigenvalue weighted by Crippen LogP contribution is -2.47. The maximum absolute atomic E-state index is 12.1. The molecule has 6 nitrogen and oxygen atoms in total. The second kappa shape index (κ2) is 7.01. The van der Waals surface area contributed by atoms with E-state index in [1.165, 1.54) is 6.92 Å². The Balaban J connectivity index is 4.88. The molecule has 0 aliphatic carbocycles. The molecule has 0 aromatic carbocycles. The molecule has 0 aliphatic rings. The van der Waals surface area contributed by atoms with Crippen LogP contribution >= 0.6 is 12.2 Å². The van der Waals surface area contributed by atoms with Crippen LogP contribution in [0.5, 0.6) is 0 Å². The standard InChI is InChI=1S/C10H21N3O3S2/c1-5-13(6-9(14)12-7(2)3)18(15,16)8(4)10(11)17/h7-8H,5-6H2,1-4H3,(H2,11,17)(H,12,14). The van der Waals surface area contributed by atoms with Gasteiger partial charge in [-0.25, -0.2) is 8.42 Å². The number of thiocarbonyl (C=S) groups is 1. The molecule has 0 aliphatic heterocycles. The van der Waals surface area contributed by atoms with Crippen molar-refractivity contribution in [3.63, 3.8) is 0 Å². The van der Waals surface area contributed by atoms with Gasteiger partial charge in [0.2, 0.25) is 15.9 Å². The molecular weight excluding hydrogens is 274 g/mol. The van der Waals surface area contributed by atoms with Crippen molar-refractivity contribution in [2.45, 2.75) is 39.0 Å². The highest BCUT2D eigenvalue weighted by Gasteiger charge is 2.30. The number of hydrogen-bond acceptors (Lipinski definition) is 4. The van der Waals surface area contributed by atoms with Gasteiger partial charge in [0.1, 0.15) is 5.25 Å². The molecule has 106 valence electrons. The Hall–Kier alpha value is -0.730. The molecule has 1 amide bonds. The van der Waals surface area contributed by atoms with Crippen LogP contribution < -0.4 is 11.1 Å². The van der Waals surface area contributed by atoms with Crippen molar-refractivity contribution >= 4 is 33.1 Å². The van der Waals surface area contributed by atoms with Gasteiger partial charge in [-0.3, -0.25) is 4.79 Å². The van der Waals surface area contributed by atoms with Gasteiger partial charge in [0.15, 0.2) is 0 Å². The van der Waals surface area contributed by atoms with E-state index in [0.29, 0.717) is 0 Å². The average Bonchev–Trinajstić information content (AvgIpc) is 2.23. The summed E-state index contributed by atoms with van der Waals surface area (Å²) in [4.78, 5) is 11.5. The number of likely N-dealkylation sites (N-methyl/N-ethyl adjacent to an activating group) is 1. The molecular formula is C10H21N3O3S2. The molecule has 0 saturated carbocycles. The van der Waals surface area contributed by atoms with E-state index in [4.69, 9.17) is 5.73 Å². The lowest BCUT2D eigenvalue weighted by molar-refractivity contribution is -0.121. The van der Waals surface area contributed by atoms with Gasteiger partial charge < -0.3 is 11.1 Å². The predicted molar refractivity (Wildman–Crippen MR) is 75.7 cm³/mol. The highest BCUT2D eigenvalue weighted by molar-refractivity contribution is 7.92. The Morgan fingerprint density at radius 3 is 2.22 bits per heavy atom. The predicted octanol–water partition coefficient (Wildman–Crippen LogP) is -0.163. The fraction of sp³-hybridized carbons (Fsp3) is 0.800. The third-order valence-electron chi connectivity index (χ3n) is 2.33. The number of carbonyl (C=O) groups excluding carboxylic acids is 1. The molecule has 0 radical (unpaired) electrons. The zero-order chi connectivity index (χ0) is 14.5. The molecule has 1 unspecified atom stereocenters. The van der Waals surface area contributed by atoms with Crippen molar-refractivity contribution in [1.29, 1.82) is 0 Å². The molecule has 1 atom stereocenters. The number of amides is 1. The molecule has 0 saturated heterocycles. The minimum absolute atomic E-state index is 0.0353. The summed E-state index contributed by atoms with van der Waals surface area (Å²) in [6.07, 6.45) is 0. The van der Waals surface area contributed by atoms with E-state index in [1.807, 2.05) is 0 Å². The van der Waals surface area contributed by atoms with Crippen molar-refractivity contribution < 1.29 is 13.2 Å². The third-order valence-corrected chi connectivity index (χ3v) is 5.09. The summed E-state index contributed by atoms with van der Waals surface area (Å²) < 4.78 is 25.3. The maximum atomic E-state index is 12.1. The van der Waals surface area contributed by atoms with E-state index in [0.717, 1.165) is 4.31 Å². The fourth-order valence-electron chi connectivity index (χ4n) is 1.28. The highest BCUT2D eigenvalue weighted by Crippen LogP contribution is 2.09. The van der Waals surface area contributed by atoms with Gasteiger partial charge >= 0.3 is 0 Å². The van der Waals surface area contributed by atoms with Crippen LogP contribution in [-0.4, -0.2) is 48.0 Å². The number of carbonyl (C=O) groups is 1. The maximum Gasteiger partial charge on any atom is 0.235 e. The molecule has 0 aromatic heterocycles. The van der Waals surface area contributed by atoms with E-state index in [9.17, 15) is 13.2 Å². The first-order chi connectivity index (χ1) is 8.12. The summed E-state index contributed by atoms with van der Waals surface area (Å²) in [5.74, 6) is -0.342. The first kappa shape index (κ1) is 17.3. The van der Waals surface area contributed by atoms with Crippen LogP contribution in [0.1, 0.15) is 27.7 Å². The van der Waals surface area contributed by atoms with Gasteiger partial charge in [0.25, 0.3) is 0 Å². The van der Waals surface area contributed by atoms with Crippen molar-refractivity contribution in [3.8, 4) is 0 Å². The van der Waals surface area contributed by atoms with Crippen molar-refractivity contribution in [3.05, 3.63) is 0 Å². The number of sulfonamides is 1. The van der Waals surface area contributed by atoms with Gasteiger partial charge in [-0.2, -0.15) is 4.31 Å². The smallest absolute Gasteiger partial charge is 0.235 e. The molecule has 0 rings (SSSR count). The highest BCUT2D eigenvalue weighted by atomic mass is 32.2. The topological polar surface area (TPSA) is 92.5 Å². The number of nitrogens with two attached hydrogens (primary N) is 1. The van der Waals surface area contributed by atoms with Gasteiger partial charge in [0.05, 0.1) is 11.5 Å². The zero-order valence-electron chi connectivity index (χ0n) is 11.1. The SMILES string of the molecule is CCN(CC(=O)NC(C)C)S(=O)(=O)C(C)C(N)=S.